The first-order valence-corrected chi connectivity index (χ1v) is 10.1. The highest BCUT2D eigenvalue weighted by atomic mass is 32.2. The number of methoxy groups -OCH3 is 1. The van der Waals surface area contributed by atoms with Crippen molar-refractivity contribution in [3.63, 3.8) is 0 Å². The SMILES string of the molecule is COc1cccc(CSc2c(C(=O)O)cc(C(C)C)c(C(=O)O)c2C(C)C)c1. The van der Waals surface area contributed by atoms with E-state index in [-0.39, 0.29) is 23.0 Å². The van der Waals surface area contributed by atoms with Gasteiger partial charge in [-0.15, -0.1) is 11.8 Å². The van der Waals surface area contributed by atoms with Gasteiger partial charge in [0.25, 0.3) is 0 Å². The van der Waals surface area contributed by atoms with Gasteiger partial charge in [-0.2, -0.15) is 0 Å². The van der Waals surface area contributed by atoms with Crippen molar-refractivity contribution in [1.82, 2.24) is 0 Å². The van der Waals surface area contributed by atoms with Gasteiger partial charge in [-0.05, 0) is 46.7 Å². The molecule has 2 N–H and O–H groups in total. The number of hydrogen-bond donors (Lipinski definition) is 2. The highest BCUT2D eigenvalue weighted by Gasteiger charge is 2.28. The zero-order chi connectivity index (χ0) is 21.0. The van der Waals surface area contributed by atoms with Crippen LogP contribution in [-0.4, -0.2) is 29.3 Å². The van der Waals surface area contributed by atoms with Crippen LogP contribution in [0.25, 0.3) is 0 Å². The molecule has 0 radical (unpaired) electrons. The largest absolute Gasteiger partial charge is 0.497 e. The van der Waals surface area contributed by atoms with E-state index in [2.05, 4.69) is 0 Å². The van der Waals surface area contributed by atoms with E-state index in [4.69, 9.17) is 4.74 Å². The molecule has 0 aliphatic rings. The summed E-state index contributed by atoms with van der Waals surface area (Å²) in [4.78, 5) is 24.6. The summed E-state index contributed by atoms with van der Waals surface area (Å²) in [7, 11) is 1.59. The van der Waals surface area contributed by atoms with Gasteiger partial charge in [-0.3, -0.25) is 0 Å². The van der Waals surface area contributed by atoms with Crippen LogP contribution < -0.4 is 4.74 Å². The first-order valence-electron chi connectivity index (χ1n) is 9.10. The van der Waals surface area contributed by atoms with Gasteiger partial charge in [-0.25, -0.2) is 9.59 Å². The van der Waals surface area contributed by atoms with Crippen molar-refractivity contribution in [3.05, 3.63) is 58.1 Å². The maximum atomic E-state index is 12.1. The van der Waals surface area contributed by atoms with Crippen LogP contribution in [0.15, 0.2) is 35.2 Å². The van der Waals surface area contributed by atoms with Gasteiger partial charge in [0, 0.05) is 10.6 Å². The Morgan fingerprint density at radius 1 is 1.04 bits per heavy atom. The van der Waals surface area contributed by atoms with Gasteiger partial charge in [-0.1, -0.05) is 39.8 Å². The minimum atomic E-state index is -1.05. The number of aromatic carboxylic acids is 2. The third kappa shape index (κ3) is 4.68. The van der Waals surface area contributed by atoms with Crippen LogP contribution in [0.4, 0.5) is 0 Å². The molecule has 0 aromatic heterocycles. The van der Waals surface area contributed by atoms with Crippen LogP contribution in [-0.2, 0) is 5.75 Å². The lowest BCUT2D eigenvalue weighted by Gasteiger charge is -2.22. The fraction of sp³-hybridized carbons (Fsp3) is 0.364. The molecule has 0 bridgehead atoms. The van der Waals surface area contributed by atoms with Gasteiger partial charge in [0.1, 0.15) is 5.75 Å². The lowest BCUT2D eigenvalue weighted by atomic mass is 9.86. The van der Waals surface area contributed by atoms with E-state index < -0.39 is 11.9 Å². The zero-order valence-corrected chi connectivity index (χ0v) is 17.6. The average Bonchev–Trinajstić information content (AvgIpc) is 2.64. The molecular formula is C22H26O5S. The third-order valence-corrected chi connectivity index (χ3v) is 5.71. The number of benzene rings is 2. The molecule has 0 unspecified atom stereocenters. The Morgan fingerprint density at radius 3 is 2.21 bits per heavy atom. The molecule has 0 fully saturated rings. The van der Waals surface area contributed by atoms with Crippen molar-refractivity contribution in [1.29, 1.82) is 0 Å². The number of carbonyl (C=O) groups is 2. The summed E-state index contributed by atoms with van der Waals surface area (Å²) in [6, 6.07) is 9.07. The van der Waals surface area contributed by atoms with E-state index in [1.165, 1.54) is 17.8 Å². The standard InChI is InChI=1S/C22H26O5S/c1-12(2)16-10-17(21(23)24)20(18(13(3)4)19(16)22(25)26)28-11-14-7-6-8-15(9-14)27-5/h6-10,12-13H,11H2,1-5H3,(H,23,24)(H,25,26). The fourth-order valence-electron chi connectivity index (χ4n) is 3.18. The van der Waals surface area contributed by atoms with Crippen molar-refractivity contribution in [3.8, 4) is 5.75 Å². The van der Waals surface area contributed by atoms with E-state index in [1.807, 2.05) is 52.0 Å². The van der Waals surface area contributed by atoms with Crippen molar-refractivity contribution in [2.24, 2.45) is 0 Å². The molecule has 150 valence electrons. The van der Waals surface area contributed by atoms with Crippen molar-refractivity contribution in [2.75, 3.05) is 7.11 Å². The van der Waals surface area contributed by atoms with Crippen LogP contribution in [0, 0.1) is 0 Å². The minimum Gasteiger partial charge on any atom is -0.497 e. The normalized spacial score (nSPS) is 11.1. The monoisotopic (exact) mass is 402 g/mol. The first-order chi connectivity index (χ1) is 13.2. The zero-order valence-electron chi connectivity index (χ0n) is 16.8. The Kier molecular flexibility index (Phi) is 7.13. The van der Waals surface area contributed by atoms with Crippen LogP contribution >= 0.6 is 11.8 Å². The highest BCUT2D eigenvalue weighted by Crippen LogP contribution is 2.40. The van der Waals surface area contributed by atoms with E-state index >= 15 is 0 Å². The molecule has 0 saturated heterocycles. The number of rotatable bonds is 8. The molecule has 6 heteroatoms. The number of carboxylic acid groups (broad SMARTS) is 2. The van der Waals surface area contributed by atoms with Crippen molar-refractivity contribution >= 4 is 23.7 Å². The number of hydrogen-bond acceptors (Lipinski definition) is 4. The Balaban J connectivity index is 2.64. The molecule has 2 aromatic carbocycles. The summed E-state index contributed by atoms with van der Waals surface area (Å²) in [5.41, 5.74) is 2.50. The van der Waals surface area contributed by atoms with Crippen molar-refractivity contribution in [2.45, 2.75) is 50.2 Å². The molecule has 0 atom stereocenters. The number of carboxylic acids is 2. The average molecular weight is 403 g/mol. The van der Waals surface area contributed by atoms with Gasteiger partial charge < -0.3 is 14.9 Å². The Hall–Kier alpha value is -2.47. The predicted molar refractivity (Wildman–Crippen MR) is 111 cm³/mol. The number of thioether (sulfide) groups is 1. The van der Waals surface area contributed by atoms with Gasteiger partial charge in [0.15, 0.2) is 0 Å². The van der Waals surface area contributed by atoms with E-state index in [9.17, 15) is 19.8 Å². The highest BCUT2D eigenvalue weighted by molar-refractivity contribution is 7.98. The molecule has 0 heterocycles. The summed E-state index contributed by atoms with van der Waals surface area (Å²) in [5, 5.41) is 19.7. The molecule has 5 nitrogen and oxygen atoms in total. The maximum Gasteiger partial charge on any atom is 0.336 e. The van der Waals surface area contributed by atoms with Crippen LogP contribution in [0.5, 0.6) is 5.75 Å². The molecule has 2 rings (SSSR count). The second-order valence-electron chi connectivity index (χ2n) is 7.19. The topological polar surface area (TPSA) is 83.8 Å². The second-order valence-corrected chi connectivity index (χ2v) is 8.18. The van der Waals surface area contributed by atoms with Gasteiger partial charge in [0.05, 0.1) is 18.2 Å². The third-order valence-electron chi connectivity index (χ3n) is 4.51. The molecule has 0 spiro atoms. The molecule has 0 saturated carbocycles. The Labute approximate surface area is 169 Å². The quantitative estimate of drug-likeness (QED) is 0.557. The maximum absolute atomic E-state index is 12.1. The minimum absolute atomic E-state index is 0.0980. The smallest absolute Gasteiger partial charge is 0.336 e. The summed E-state index contributed by atoms with van der Waals surface area (Å²) in [6.07, 6.45) is 0. The van der Waals surface area contributed by atoms with Gasteiger partial charge in [0.2, 0.25) is 0 Å². The van der Waals surface area contributed by atoms with Crippen LogP contribution in [0.1, 0.15) is 76.9 Å². The Morgan fingerprint density at radius 2 is 1.71 bits per heavy atom. The number of ether oxygens (including phenoxy) is 1. The van der Waals surface area contributed by atoms with Crippen molar-refractivity contribution < 1.29 is 24.5 Å². The Bertz CT molecular complexity index is 887. The first kappa shape index (κ1) is 21.8. The fourth-order valence-corrected chi connectivity index (χ4v) is 4.47. The second kappa shape index (κ2) is 9.15. The lowest BCUT2D eigenvalue weighted by molar-refractivity contribution is 0.0675. The molecule has 2 aromatic rings. The van der Waals surface area contributed by atoms with Gasteiger partial charge >= 0.3 is 11.9 Å². The molecule has 0 amide bonds. The molecule has 0 aliphatic carbocycles. The lowest BCUT2D eigenvalue weighted by Crippen LogP contribution is -2.15. The van der Waals surface area contributed by atoms with Crippen LogP contribution in [0.2, 0.25) is 0 Å². The predicted octanol–water partition coefficient (Wildman–Crippen LogP) is 5.63. The molecular weight excluding hydrogens is 376 g/mol. The summed E-state index contributed by atoms with van der Waals surface area (Å²) in [5.74, 6) is -1.06. The summed E-state index contributed by atoms with van der Waals surface area (Å²) >= 11 is 1.35. The van der Waals surface area contributed by atoms with Crippen LogP contribution in [0.3, 0.4) is 0 Å². The van der Waals surface area contributed by atoms with E-state index in [1.54, 1.807) is 7.11 Å². The molecule has 28 heavy (non-hydrogen) atoms. The summed E-state index contributed by atoms with van der Waals surface area (Å²) in [6.45, 7) is 7.54. The van der Waals surface area contributed by atoms with E-state index in [0.29, 0.717) is 21.8 Å². The molecule has 0 aliphatic heterocycles. The summed E-state index contributed by atoms with van der Waals surface area (Å²) < 4.78 is 5.24. The van der Waals surface area contributed by atoms with E-state index in [0.717, 1.165) is 11.3 Å².